The van der Waals surface area contributed by atoms with Gasteiger partial charge in [-0.15, -0.1) is 11.8 Å². The SMILES string of the molecule is O=C(CCCCCN1C(=O)C2SC=CC2N(CC(=O)NCc2ccccc2Cl)C1=O)NCc1ccc2c(c1)OCO2. The lowest BCUT2D eigenvalue weighted by Gasteiger charge is -2.41. The molecule has 0 aromatic heterocycles. The quantitative estimate of drug-likeness (QED) is 0.357. The molecule has 5 rings (SSSR count). The summed E-state index contributed by atoms with van der Waals surface area (Å²) in [5.74, 6) is 0.724. The monoisotopic (exact) mass is 598 g/mol. The smallest absolute Gasteiger partial charge is 0.327 e. The van der Waals surface area contributed by atoms with Gasteiger partial charge in [0.2, 0.25) is 24.5 Å². The number of fused-ring (bicyclic) bond motifs is 2. The third-order valence-electron chi connectivity index (χ3n) is 7.12. The third-order valence-corrected chi connectivity index (χ3v) is 8.57. The number of carbonyl (C=O) groups excluding carboxylic acids is 4. The van der Waals surface area contributed by atoms with E-state index in [-0.39, 0.29) is 44.1 Å². The molecule has 1 saturated heterocycles. The number of thioether (sulfide) groups is 1. The van der Waals surface area contributed by atoms with Crippen LogP contribution in [0.3, 0.4) is 0 Å². The second kappa shape index (κ2) is 13.3. The van der Waals surface area contributed by atoms with E-state index in [1.807, 2.05) is 36.4 Å². The van der Waals surface area contributed by atoms with Gasteiger partial charge in [-0.2, -0.15) is 0 Å². The van der Waals surface area contributed by atoms with Crippen LogP contribution in [-0.2, 0) is 27.5 Å². The number of carbonyl (C=O) groups is 4. The maximum absolute atomic E-state index is 13.3. The van der Waals surface area contributed by atoms with E-state index in [0.29, 0.717) is 48.7 Å². The zero-order valence-corrected chi connectivity index (χ0v) is 23.9. The van der Waals surface area contributed by atoms with Gasteiger partial charge in [-0.3, -0.25) is 19.3 Å². The highest BCUT2D eigenvalue weighted by Gasteiger charge is 2.47. The van der Waals surface area contributed by atoms with Crippen LogP contribution in [0.15, 0.2) is 53.9 Å². The lowest BCUT2D eigenvalue weighted by Crippen LogP contribution is -2.63. The predicted octanol–water partition coefficient (Wildman–Crippen LogP) is 3.82. The molecule has 3 aliphatic heterocycles. The van der Waals surface area contributed by atoms with Gasteiger partial charge in [-0.25, -0.2) is 4.79 Å². The first-order chi connectivity index (χ1) is 19.9. The van der Waals surface area contributed by atoms with E-state index in [9.17, 15) is 19.2 Å². The number of rotatable bonds is 12. The molecule has 216 valence electrons. The number of unbranched alkanes of at least 4 members (excludes halogenated alkanes) is 2. The minimum atomic E-state index is -0.474. The van der Waals surface area contributed by atoms with Gasteiger partial charge in [0.05, 0.1) is 6.04 Å². The summed E-state index contributed by atoms with van der Waals surface area (Å²) in [5.41, 5.74) is 1.70. The van der Waals surface area contributed by atoms with Crippen LogP contribution in [0, 0.1) is 0 Å². The van der Waals surface area contributed by atoms with Crippen molar-refractivity contribution >= 4 is 47.1 Å². The Morgan fingerprint density at radius 3 is 2.63 bits per heavy atom. The van der Waals surface area contributed by atoms with Gasteiger partial charge in [-0.05, 0) is 47.6 Å². The van der Waals surface area contributed by atoms with Crippen molar-refractivity contribution in [1.29, 1.82) is 0 Å². The van der Waals surface area contributed by atoms with Crippen molar-refractivity contribution in [3.8, 4) is 11.5 Å². The minimum Gasteiger partial charge on any atom is -0.454 e. The first-order valence-corrected chi connectivity index (χ1v) is 14.8. The molecular weight excluding hydrogens is 568 g/mol. The van der Waals surface area contributed by atoms with Crippen LogP contribution in [-0.4, -0.2) is 64.7 Å². The fraction of sp³-hybridized carbons (Fsp3) is 0.379. The summed E-state index contributed by atoms with van der Waals surface area (Å²) < 4.78 is 10.7. The Bertz CT molecular complexity index is 1350. The average molecular weight is 599 g/mol. The standard InChI is InChI=1S/C29H31ClN4O6S/c30-21-7-4-3-6-20(21)16-32-26(36)17-34-22-11-13-41-27(22)28(37)33(29(34)38)12-5-1-2-8-25(35)31-15-19-9-10-23-24(14-19)40-18-39-23/h3-4,6-7,9-11,13-14,22,27H,1-2,5,8,12,15-18H2,(H,31,35)(H,32,36). The van der Waals surface area contributed by atoms with E-state index < -0.39 is 17.3 Å². The molecule has 0 spiro atoms. The van der Waals surface area contributed by atoms with Crippen LogP contribution in [0.5, 0.6) is 11.5 Å². The molecule has 2 N–H and O–H groups in total. The average Bonchev–Trinajstić information content (AvgIpc) is 3.65. The Labute approximate surface area is 247 Å². The first-order valence-electron chi connectivity index (χ1n) is 13.5. The van der Waals surface area contributed by atoms with Crippen LogP contribution < -0.4 is 20.1 Å². The van der Waals surface area contributed by atoms with Crippen LogP contribution in [0.4, 0.5) is 4.79 Å². The Morgan fingerprint density at radius 2 is 1.78 bits per heavy atom. The highest BCUT2D eigenvalue weighted by Crippen LogP contribution is 2.34. The summed E-state index contributed by atoms with van der Waals surface area (Å²) in [6, 6.07) is 11.8. The molecule has 0 saturated carbocycles. The van der Waals surface area contributed by atoms with Crippen LogP contribution in [0.1, 0.15) is 36.8 Å². The fourth-order valence-corrected chi connectivity index (χ4v) is 6.16. The number of imide groups is 1. The number of amides is 5. The molecule has 0 aliphatic carbocycles. The van der Waals surface area contributed by atoms with Crippen molar-refractivity contribution in [3.05, 3.63) is 70.1 Å². The summed E-state index contributed by atoms with van der Waals surface area (Å²) in [6.07, 6.45) is 4.00. The van der Waals surface area contributed by atoms with Gasteiger partial charge in [0.1, 0.15) is 11.8 Å². The van der Waals surface area contributed by atoms with Gasteiger partial charge in [0.25, 0.3) is 0 Å². The van der Waals surface area contributed by atoms with Crippen LogP contribution >= 0.6 is 23.4 Å². The summed E-state index contributed by atoms with van der Waals surface area (Å²) in [4.78, 5) is 54.1. The zero-order valence-electron chi connectivity index (χ0n) is 22.3. The Kier molecular flexibility index (Phi) is 9.35. The molecule has 3 aliphatic rings. The lowest BCUT2D eigenvalue weighted by molar-refractivity contribution is -0.133. The van der Waals surface area contributed by atoms with Crippen molar-refractivity contribution in [1.82, 2.24) is 20.4 Å². The van der Waals surface area contributed by atoms with Gasteiger partial charge in [0.15, 0.2) is 11.5 Å². The van der Waals surface area contributed by atoms with Crippen LogP contribution in [0.2, 0.25) is 5.02 Å². The second-order valence-electron chi connectivity index (χ2n) is 9.92. The number of benzene rings is 2. The van der Waals surface area contributed by atoms with Crippen molar-refractivity contribution in [2.24, 2.45) is 0 Å². The largest absolute Gasteiger partial charge is 0.454 e. The van der Waals surface area contributed by atoms with Crippen molar-refractivity contribution in [2.45, 2.75) is 50.1 Å². The number of urea groups is 1. The van der Waals surface area contributed by atoms with Crippen molar-refractivity contribution in [2.75, 3.05) is 19.9 Å². The Hall–Kier alpha value is -3.70. The number of nitrogens with one attached hydrogen (secondary N) is 2. The molecule has 41 heavy (non-hydrogen) atoms. The molecule has 2 atom stereocenters. The number of nitrogens with zero attached hydrogens (tertiary/aromatic N) is 2. The highest BCUT2D eigenvalue weighted by atomic mass is 35.5. The minimum absolute atomic E-state index is 0.0713. The second-order valence-corrected chi connectivity index (χ2v) is 11.4. The van der Waals surface area contributed by atoms with Gasteiger partial charge >= 0.3 is 6.03 Å². The number of halogens is 1. The highest BCUT2D eigenvalue weighted by molar-refractivity contribution is 8.03. The molecule has 12 heteroatoms. The lowest BCUT2D eigenvalue weighted by atomic mass is 10.1. The van der Waals surface area contributed by atoms with E-state index >= 15 is 0 Å². The van der Waals surface area contributed by atoms with Crippen molar-refractivity contribution in [3.63, 3.8) is 0 Å². The Balaban J connectivity index is 1.06. The third kappa shape index (κ3) is 6.97. The number of ether oxygens (including phenoxy) is 2. The van der Waals surface area contributed by atoms with Gasteiger partial charge < -0.3 is 25.0 Å². The molecule has 5 amide bonds. The van der Waals surface area contributed by atoms with Gasteiger partial charge in [0, 0.05) is 31.1 Å². The molecule has 10 nitrogen and oxygen atoms in total. The van der Waals surface area contributed by atoms with Crippen LogP contribution in [0.25, 0.3) is 0 Å². The van der Waals surface area contributed by atoms with E-state index in [1.54, 1.807) is 17.6 Å². The molecule has 0 bridgehead atoms. The molecule has 2 aromatic rings. The van der Waals surface area contributed by atoms with E-state index in [0.717, 1.165) is 11.1 Å². The summed E-state index contributed by atoms with van der Waals surface area (Å²) in [7, 11) is 0. The molecular formula is C29H31ClN4O6S. The molecule has 3 heterocycles. The normalized spacial score (nSPS) is 19.0. The van der Waals surface area contributed by atoms with E-state index in [4.69, 9.17) is 21.1 Å². The maximum atomic E-state index is 13.3. The summed E-state index contributed by atoms with van der Waals surface area (Å²) >= 11 is 7.53. The van der Waals surface area contributed by atoms with Crippen molar-refractivity contribution < 1.29 is 28.7 Å². The molecule has 2 aromatic carbocycles. The Morgan fingerprint density at radius 1 is 0.976 bits per heavy atom. The van der Waals surface area contributed by atoms with Gasteiger partial charge in [-0.1, -0.05) is 48.4 Å². The fourth-order valence-electron chi connectivity index (χ4n) is 4.89. The molecule has 0 radical (unpaired) electrons. The molecule has 2 unspecified atom stereocenters. The molecule has 1 fully saturated rings. The number of hydrogen-bond acceptors (Lipinski definition) is 7. The summed E-state index contributed by atoms with van der Waals surface area (Å²) in [6.45, 7) is 0.906. The zero-order chi connectivity index (χ0) is 28.8. The van der Waals surface area contributed by atoms with E-state index in [1.165, 1.54) is 21.6 Å². The number of hydrogen-bond donors (Lipinski definition) is 2. The first kappa shape index (κ1) is 28.8. The predicted molar refractivity (Wildman–Crippen MR) is 154 cm³/mol. The maximum Gasteiger partial charge on any atom is 0.327 e. The summed E-state index contributed by atoms with van der Waals surface area (Å²) in [5, 5.41) is 7.61. The topological polar surface area (TPSA) is 117 Å². The van der Waals surface area contributed by atoms with E-state index in [2.05, 4.69) is 10.6 Å².